The van der Waals surface area contributed by atoms with Gasteiger partial charge in [-0.25, -0.2) is 8.78 Å². The van der Waals surface area contributed by atoms with Crippen LogP contribution in [0.5, 0.6) is 0 Å². The minimum atomic E-state index is -5.91. The van der Waals surface area contributed by atoms with Gasteiger partial charge in [0.1, 0.15) is 5.97 Å². The van der Waals surface area contributed by atoms with Gasteiger partial charge in [-0.2, -0.15) is 17.6 Å². The fourth-order valence-electron chi connectivity index (χ4n) is 2.35. The standard InChI is InChI=1S/C18H15S.C4H2F6O2/c1-4-10-16(11-5-1)19(17-12-6-2-7-13-17)18-14-8-3-9-15-18;5-1(6)3(7,8)4(9,10)2(11)12/h1-15H;1H,(H,11,12)/q+1;/p-1. The van der Waals surface area contributed by atoms with E-state index in [1.165, 1.54) is 14.7 Å². The summed E-state index contributed by atoms with van der Waals surface area (Å²) < 4.78 is 69.0. The largest absolute Gasteiger partial charge is 0.544 e. The molecule has 3 aromatic carbocycles. The first-order chi connectivity index (χ1) is 14.6. The highest BCUT2D eigenvalue weighted by Crippen LogP contribution is 2.38. The summed E-state index contributed by atoms with van der Waals surface area (Å²) >= 11 is 0. The number of carboxylic acids is 1. The van der Waals surface area contributed by atoms with Crippen LogP contribution in [-0.2, 0) is 15.7 Å². The molecule has 0 aliphatic rings. The zero-order valence-electron chi connectivity index (χ0n) is 15.7. The molecule has 0 atom stereocenters. The van der Waals surface area contributed by atoms with E-state index in [0.717, 1.165) is 0 Å². The lowest BCUT2D eigenvalue weighted by Crippen LogP contribution is -2.57. The second-order valence-corrected chi connectivity index (χ2v) is 8.06. The molecule has 2 nitrogen and oxygen atoms in total. The summed E-state index contributed by atoms with van der Waals surface area (Å²) in [6, 6.07) is 32.2. The number of carboxylic acid groups (broad SMARTS) is 1. The van der Waals surface area contributed by atoms with Gasteiger partial charge in [-0.05, 0) is 36.4 Å². The summed E-state index contributed by atoms with van der Waals surface area (Å²) in [5.41, 5.74) is 0. The third kappa shape index (κ3) is 5.81. The molecule has 0 aromatic heterocycles. The van der Waals surface area contributed by atoms with Crippen molar-refractivity contribution in [1.29, 1.82) is 0 Å². The molecule has 0 saturated carbocycles. The first kappa shape index (κ1) is 24.3. The van der Waals surface area contributed by atoms with E-state index in [0.29, 0.717) is 0 Å². The molecule has 0 aliphatic carbocycles. The number of alkyl halides is 6. The third-order valence-electron chi connectivity index (χ3n) is 3.89. The normalized spacial score (nSPS) is 11.7. The molecule has 164 valence electrons. The Bertz CT molecular complexity index is 860. The summed E-state index contributed by atoms with van der Waals surface area (Å²) in [5.74, 6) is -15.3. The predicted molar refractivity (Wildman–Crippen MR) is 102 cm³/mol. The van der Waals surface area contributed by atoms with Crippen molar-refractivity contribution in [2.45, 2.75) is 33.0 Å². The average molecular weight is 458 g/mol. The number of aliphatic carboxylic acids is 1. The van der Waals surface area contributed by atoms with E-state index < -0.39 is 24.2 Å². The average Bonchev–Trinajstić information content (AvgIpc) is 2.76. The number of benzene rings is 3. The van der Waals surface area contributed by atoms with Crippen LogP contribution in [0, 0.1) is 0 Å². The molecule has 0 spiro atoms. The van der Waals surface area contributed by atoms with Crippen LogP contribution in [0.15, 0.2) is 106 Å². The Hall–Kier alpha value is -2.94. The monoisotopic (exact) mass is 458 g/mol. The summed E-state index contributed by atoms with van der Waals surface area (Å²) in [5, 5.41) is 9.30. The molecule has 0 heterocycles. The SMILES string of the molecule is O=C([O-])C(F)(F)C(F)(F)C(F)F.c1ccc([S+](c2ccccc2)c2ccccc2)cc1. The van der Waals surface area contributed by atoms with E-state index in [-0.39, 0.29) is 10.9 Å². The van der Waals surface area contributed by atoms with E-state index in [2.05, 4.69) is 91.0 Å². The lowest BCUT2D eigenvalue weighted by atomic mass is 10.2. The van der Waals surface area contributed by atoms with Crippen molar-refractivity contribution in [2.24, 2.45) is 0 Å². The maximum Gasteiger partial charge on any atom is 0.374 e. The molecule has 0 aliphatic heterocycles. The summed E-state index contributed by atoms with van der Waals surface area (Å²) in [6.07, 6.45) is -4.76. The molecular weight excluding hydrogens is 442 g/mol. The molecule has 3 rings (SSSR count). The van der Waals surface area contributed by atoms with E-state index in [1.807, 2.05) is 0 Å². The Morgan fingerprint density at radius 1 is 0.677 bits per heavy atom. The van der Waals surface area contributed by atoms with Gasteiger partial charge in [0.2, 0.25) is 0 Å². The van der Waals surface area contributed by atoms with E-state index in [9.17, 15) is 36.2 Å². The van der Waals surface area contributed by atoms with Gasteiger partial charge in [0.05, 0.1) is 10.9 Å². The Kier molecular flexibility index (Phi) is 8.15. The van der Waals surface area contributed by atoms with Gasteiger partial charge in [0.15, 0.2) is 14.7 Å². The number of halogens is 6. The number of hydrogen-bond acceptors (Lipinski definition) is 2. The Labute approximate surface area is 177 Å². The first-order valence-electron chi connectivity index (χ1n) is 8.73. The summed E-state index contributed by atoms with van der Waals surface area (Å²) in [4.78, 5) is 13.4. The molecule has 0 N–H and O–H groups in total. The van der Waals surface area contributed by atoms with Crippen LogP contribution >= 0.6 is 0 Å². The Morgan fingerprint density at radius 2 is 0.968 bits per heavy atom. The van der Waals surface area contributed by atoms with Crippen LogP contribution in [0.25, 0.3) is 0 Å². The maximum absolute atomic E-state index is 11.7. The molecule has 0 radical (unpaired) electrons. The molecule has 3 aromatic rings. The Morgan fingerprint density at radius 3 is 1.16 bits per heavy atom. The number of rotatable bonds is 6. The highest BCUT2D eigenvalue weighted by atomic mass is 32.2. The zero-order valence-corrected chi connectivity index (χ0v) is 16.5. The molecule has 0 bridgehead atoms. The third-order valence-corrected chi connectivity index (χ3v) is 6.12. The van der Waals surface area contributed by atoms with Gasteiger partial charge >= 0.3 is 18.3 Å². The van der Waals surface area contributed by atoms with Crippen molar-refractivity contribution in [3.63, 3.8) is 0 Å². The smallest absolute Gasteiger partial charge is 0.374 e. The van der Waals surface area contributed by atoms with Crippen molar-refractivity contribution in [2.75, 3.05) is 0 Å². The van der Waals surface area contributed by atoms with Gasteiger partial charge in [-0.3, -0.25) is 0 Å². The number of carbonyl (C=O) groups excluding carboxylic acids is 1. The van der Waals surface area contributed by atoms with Crippen LogP contribution in [0.2, 0.25) is 0 Å². The Balaban J connectivity index is 0.000000248. The van der Waals surface area contributed by atoms with Gasteiger partial charge in [0, 0.05) is 0 Å². The molecule has 9 heteroatoms. The van der Waals surface area contributed by atoms with Crippen LogP contribution in [0.4, 0.5) is 26.3 Å². The van der Waals surface area contributed by atoms with Crippen LogP contribution in [0.1, 0.15) is 0 Å². The number of carbonyl (C=O) groups is 1. The second-order valence-electron chi connectivity index (χ2n) is 6.03. The molecule has 0 unspecified atom stereocenters. The van der Waals surface area contributed by atoms with Crippen LogP contribution < -0.4 is 5.11 Å². The lowest BCUT2D eigenvalue weighted by Gasteiger charge is -2.25. The topological polar surface area (TPSA) is 40.1 Å². The lowest BCUT2D eigenvalue weighted by molar-refractivity contribution is -0.357. The minimum absolute atomic E-state index is 0.0146. The quantitative estimate of drug-likeness (QED) is 0.383. The fraction of sp³-hybridized carbons (Fsp3) is 0.136. The molecule has 0 amide bonds. The van der Waals surface area contributed by atoms with Gasteiger partial charge in [-0.1, -0.05) is 54.6 Å². The highest BCUT2D eigenvalue weighted by molar-refractivity contribution is 7.97. The molecule has 0 saturated heterocycles. The van der Waals surface area contributed by atoms with E-state index >= 15 is 0 Å². The fourth-order valence-corrected chi connectivity index (χ4v) is 4.46. The van der Waals surface area contributed by atoms with E-state index in [4.69, 9.17) is 0 Å². The van der Waals surface area contributed by atoms with Crippen molar-refractivity contribution in [1.82, 2.24) is 0 Å². The first-order valence-corrected chi connectivity index (χ1v) is 9.96. The van der Waals surface area contributed by atoms with Gasteiger partial charge < -0.3 is 9.90 Å². The van der Waals surface area contributed by atoms with Crippen molar-refractivity contribution in [3.05, 3.63) is 91.0 Å². The predicted octanol–water partition coefficient (Wildman–Crippen LogP) is 5.05. The van der Waals surface area contributed by atoms with E-state index in [1.54, 1.807) is 0 Å². The highest BCUT2D eigenvalue weighted by Gasteiger charge is 2.64. The summed E-state index contributed by atoms with van der Waals surface area (Å²) in [7, 11) is -0.0146. The van der Waals surface area contributed by atoms with Crippen LogP contribution in [0.3, 0.4) is 0 Å². The van der Waals surface area contributed by atoms with Crippen molar-refractivity contribution < 1.29 is 36.2 Å². The molecule has 31 heavy (non-hydrogen) atoms. The maximum atomic E-state index is 11.7. The summed E-state index contributed by atoms with van der Waals surface area (Å²) in [6.45, 7) is 0. The molecule has 0 fully saturated rings. The van der Waals surface area contributed by atoms with Gasteiger partial charge in [-0.15, -0.1) is 0 Å². The van der Waals surface area contributed by atoms with Crippen molar-refractivity contribution >= 4 is 16.9 Å². The minimum Gasteiger partial charge on any atom is -0.544 e. The van der Waals surface area contributed by atoms with Crippen LogP contribution in [-0.4, -0.2) is 24.2 Å². The molecular formula is C22H16F6O2S. The van der Waals surface area contributed by atoms with Gasteiger partial charge in [0.25, 0.3) is 0 Å². The van der Waals surface area contributed by atoms with Crippen molar-refractivity contribution in [3.8, 4) is 0 Å². The number of hydrogen-bond donors (Lipinski definition) is 0. The second kappa shape index (κ2) is 10.4. The zero-order chi connectivity index (χ0) is 23.1.